The number of nitrogens with zero attached hydrogens (tertiary/aromatic N) is 3. The molecule has 0 unspecified atom stereocenters. The summed E-state index contributed by atoms with van der Waals surface area (Å²) in [6.45, 7) is 6.94. The molecule has 2 atom stereocenters. The van der Waals surface area contributed by atoms with Crippen LogP contribution in [0, 0.1) is 11.9 Å². The van der Waals surface area contributed by atoms with Crippen molar-refractivity contribution < 1.29 is 9.18 Å². The lowest BCUT2D eigenvalue weighted by Crippen LogP contribution is -2.38. The second-order valence-corrected chi connectivity index (χ2v) is 10.9. The third-order valence-corrected chi connectivity index (χ3v) is 8.20. The lowest BCUT2D eigenvalue weighted by Gasteiger charge is -2.23. The van der Waals surface area contributed by atoms with Crippen LogP contribution in [0.4, 0.5) is 10.2 Å². The molecule has 3 heterocycles. The summed E-state index contributed by atoms with van der Waals surface area (Å²) in [6, 6.07) is 16.0. The molecule has 2 aliphatic heterocycles. The molecule has 7 heteroatoms. The zero-order valence-electron chi connectivity index (χ0n) is 21.4. The number of pyridine rings is 1. The smallest absolute Gasteiger partial charge is 0.236 e. The van der Waals surface area contributed by atoms with E-state index in [0.717, 1.165) is 60.4 Å². The van der Waals surface area contributed by atoms with Crippen molar-refractivity contribution in [2.45, 2.75) is 18.3 Å². The zero-order chi connectivity index (χ0) is 25.9. The molecule has 0 bridgehead atoms. The van der Waals surface area contributed by atoms with Crippen molar-refractivity contribution in [2.24, 2.45) is 5.92 Å². The normalized spacial score (nSPS) is 22.0. The number of nitrogens with one attached hydrogen (secondary N) is 1. The third-order valence-electron chi connectivity index (χ3n) is 8.20. The summed E-state index contributed by atoms with van der Waals surface area (Å²) in [5.41, 5.74) is 13.5. The van der Waals surface area contributed by atoms with E-state index in [4.69, 9.17) is 5.73 Å². The first-order chi connectivity index (χ1) is 17.7. The van der Waals surface area contributed by atoms with Crippen molar-refractivity contribution in [3.05, 3.63) is 77.7 Å². The highest BCUT2D eigenvalue weighted by molar-refractivity contribution is 5.82. The average Bonchev–Trinajstić information content (AvgIpc) is 3.44. The number of nitrogen functional groups attached to an aromatic ring is 1. The zero-order valence-corrected chi connectivity index (χ0v) is 21.4. The van der Waals surface area contributed by atoms with Crippen LogP contribution >= 0.6 is 0 Å². The number of benzene rings is 2. The molecule has 1 saturated carbocycles. The summed E-state index contributed by atoms with van der Waals surface area (Å²) in [6.07, 6.45) is 1.99. The van der Waals surface area contributed by atoms with Gasteiger partial charge in [0.15, 0.2) is 0 Å². The first kappa shape index (κ1) is 23.7. The second-order valence-electron chi connectivity index (χ2n) is 10.9. The second kappa shape index (κ2) is 8.70. The molecule has 6 rings (SSSR count). The van der Waals surface area contributed by atoms with Gasteiger partial charge in [-0.25, -0.2) is 4.98 Å². The molecule has 37 heavy (non-hydrogen) atoms. The topological polar surface area (TPSA) is 74.5 Å². The van der Waals surface area contributed by atoms with Crippen molar-refractivity contribution in [2.75, 3.05) is 46.0 Å². The Morgan fingerprint density at radius 2 is 1.92 bits per heavy atom. The maximum Gasteiger partial charge on any atom is 0.236 e. The molecular weight excluding hydrogens is 465 g/mol. The monoisotopic (exact) mass is 497 g/mol. The van der Waals surface area contributed by atoms with Crippen LogP contribution in [0.15, 0.2) is 55.1 Å². The minimum absolute atomic E-state index is 0.0333. The maximum atomic E-state index is 15.0. The molecule has 0 radical (unpaired) electrons. The number of carbonyl (C=O) groups excluding carboxylic acids is 1. The van der Waals surface area contributed by atoms with E-state index in [0.29, 0.717) is 18.0 Å². The van der Waals surface area contributed by atoms with Crippen molar-refractivity contribution in [1.29, 1.82) is 0 Å². The van der Waals surface area contributed by atoms with Gasteiger partial charge in [0.1, 0.15) is 5.82 Å². The van der Waals surface area contributed by atoms with E-state index in [2.05, 4.69) is 35.1 Å². The molecule has 1 aromatic heterocycles. The fourth-order valence-electron chi connectivity index (χ4n) is 6.12. The van der Waals surface area contributed by atoms with Gasteiger partial charge in [0.25, 0.3) is 0 Å². The molecule has 0 spiro atoms. The minimum atomic E-state index is -0.576. The standard InChI is InChI=1S/C30H32FN5O/c1-18-24-9-6-20(12-21(24)10-11-33-18)26-13-25(28(31)34-29(26)32)19-4-7-22(8-5-19)30-14-23(30)15-36(17-30)27(37)16-35(2)3/h4-9,12-13,23,33H,1,10-11,14-17H2,2-3H3,(H2,32,34)/t23-,30+/m1/s1. The van der Waals surface area contributed by atoms with E-state index < -0.39 is 5.95 Å². The number of anilines is 1. The van der Waals surface area contributed by atoms with Crippen LogP contribution in [0.1, 0.15) is 23.1 Å². The molecule has 6 nitrogen and oxygen atoms in total. The van der Waals surface area contributed by atoms with Crippen LogP contribution in [-0.4, -0.2) is 61.0 Å². The van der Waals surface area contributed by atoms with Gasteiger partial charge in [0.05, 0.1) is 6.54 Å². The average molecular weight is 498 g/mol. The number of amides is 1. The van der Waals surface area contributed by atoms with Gasteiger partial charge in [-0.3, -0.25) is 4.79 Å². The Morgan fingerprint density at radius 3 is 2.68 bits per heavy atom. The van der Waals surface area contributed by atoms with E-state index >= 15 is 4.39 Å². The van der Waals surface area contributed by atoms with Gasteiger partial charge in [-0.15, -0.1) is 0 Å². The first-order valence-electron chi connectivity index (χ1n) is 12.8. The molecule has 2 aromatic carbocycles. The molecule has 3 aromatic rings. The van der Waals surface area contributed by atoms with Gasteiger partial charge < -0.3 is 20.9 Å². The van der Waals surface area contributed by atoms with E-state index in [-0.39, 0.29) is 17.1 Å². The minimum Gasteiger partial charge on any atom is -0.385 e. The Hall–Kier alpha value is -3.71. The number of carbonyl (C=O) groups is 1. The van der Waals surface area contributed by atoms with E-state index in [1.807, 2.05) is 48.2 Å². The predicted octanol–water partition coefficient (Wildman–Crippen LogP) is 3.91. The molecule has 190 valence electrons. The maximum absolute atomic E-state index is 15.0. The number of rotatable bonds is 5. The van der Waals surface area contributed by atoms with Crippen molar-refractivity contribution in [1.82, 2.24) is 20.1 Å². The number of likely N-dealkylation sites (tertiary alicyclic amines) is 1. The lowest BCUT2D eigenvalue weighted by atomic mass is 9.91. The highest BCUT2D eigenvalue weighted by Gasteiger charge is 2.61. The number of likely N-dealkylation sites (N-methyl/N-ethyl adjacent to an activating group) is 1. The van der Waals surface area contributed by atoms with Crippen LogP contribution in [0.25, 0.3) is 28.0 Å². The van der Waals surface area contributed by atoms with Gasteiger partial charge in [-0.2, -0.15) is 4.39 Å². The fourth-order valence-corrected chi connectivity index (χ4v) is 6.12. The Labute approximate surface area is 217 Å². The summed E-state index contributed by atoms with van der Waals surface area (Å²) in [5.74, 6) is 0.284. The molecule has 3 aliphatic rings. The molecule has 1 aliphatic carbocycles. The van der Waals surface area contributed by atoms with Gasteiger partial charge in [-0.05, 0) is 61.2 Å². The summed E-state index contributed by atoms with van der Waals surface area (Å²) >= 11 is 0. The summed E-state index contributed by atoms with van der Waals surface area (Å²) in [4.78, 5) is 20.5. The number of piperidine rings is 1. The van der Waals surface area contributed by atoms with Crippen LogP contribution in [0.2, 0.25) is 0 Å². The lowest BCUT2D eigenvalue weighted by molar-refractivity contribution is -0.131. The molecule has 1 saturated heterocycles. The first-order valence-corrected chi connectivity index (χ1v) is 12.8. The van der Waals surface area contributed by atoms with Crippen molar-refractivity contribution in [3.63, 3.8) is 0 Å². The number of hydrogen-bond donors (Lipinski definition) is 2. The summed E-state index contributed by atoms with van der Waals surface area (Å²) < 4.78 is 15.0. The molecular formula is C30H32FN5O. The predicted molar refractivity (Wildman–Crippen MR) is 145 cm³/mol. The Kier molecular flexibility index (Phi) is 5.57. The van der Waals surface area contributed by atoms with E-state index in [9.17, 15) is 4.79 Å². The Bertz CT molecular complexity index is 1420. The van der Waals surface area contributed by atoms with Crippen LogP contribution in [0.3, 0.4) is 0 Å². The molecule has 3 N–H and O–H groups in total. The van der Waals surface area contributed by atoms with Crippen molar-refractivity contribution in [3.8, 4) is 22.3 Å². The molecule has 1 amide bonds. The number of hydrogen-bond acceptors (Lipinski definition) is 5. The fraction of sp³-hybridized carbons (Fsp3) is 0.333. The molecule has 2 fully saturated rings. The van der Waals surface area contributed by atoms with Gasteiger partial charge in [-0.1, -0.05) is 49.0 Å². The number of fused-ring (bicyclic) bond motifs is 2. The Balaban J connectivity index is 1.27. The Morgan fingerprint density at radius 1 is 1.16 bits per heavy atom. The van der Waals surface area contributed by atoms with Crippen LogP contribution < -0.4 is 11.1 Å². The van der Waals surface area contributed by atoms with E-state index in [1.165, 1.54) is 11.1 Å². The number of aromatic nitrogens is 1. The number of nitrogens with two attached hydrogens (primary N) is 1. The SMILES string of the molecule is C=C1NCCc2cc(-c3cc(-c4ccc([C@@]56C[C@@H]5CN(C(=O)CN(C)C)C6)cc4)c(F)nc3N)ccc21. The quantitative estimate of drug-likeness (QED) is 0.523. The van der Waals surface area contributed by atoms with E-state index in [1.54, 1.807) is 6.07 Å². The van der Waals surface area contributed by atoms with Crippen molar-refractivity contribution >= 4 is 17.4 Å². The number of halogens is 1. The van der Waals surface area contributed by atoms with Gasteiger partial charge >= 0.3 is 0 Å². The van der Waals surface area contributed by atoms with Crippen LogP contribution in [0.5, 0.6) is 0 Å². The largest absolute Gasteiger partial charge is 0.385 e. The van der Waals surface area contributed by atoms with Crippen LogP contribution in [-0.2, 0) is 16.6 Å². The van der Waals surface area contributed by atoms with Gasteiger partial charge in [0, 0.05) is 47.4 Å². The van der Waals surface area contributed by atoms with Gasteiger partial charge in [0.2, 0.25) is 11.9 Å². The summed E-state index contributed by atoms with van der Waals surface area (Å²) in [7, 11) is 3.83. The third kappa shape index (κ3) is 4.07. The summed E-state index contributed by atoms with van der Waals surface area (Å²) in [5, 5.41) is 3.29. The highest BCUT2D eigenvalue weighted by atomic mass is 19.1. The highest BCUT2D eigenvalue weighted by Crippen LogP contribution is 2.59.